The fourth-order valence-electron chi connectivity index (χ4n) is 3.94. The van der Waals surface area contributed by atoms with Crippen LogP contribution in [0, 0.1) is 0 Å². The largest absolute Gasteiger partial charge is 0.490 e. The van der Waals surface area contributed by atoms with Gasteiger partial charge in [-0.05, 0) is 41.1 Å². The number of amides is 1. The third-order valence-corrected chi connectivity index (χ3v) is 10.4. The van der Waals surface area contributed by atoms with Gasteiger partial charge in [-0.25, -0.2) is 26.6 Å². The molecule has 0 bridgehead atoms. The molecule has 1 amide bonds. The minimum Gasteiger partial charge on any atom is -0.475 e. The van der Waals surface area contributed by atoms with Crippen molar-refractivity contribution in [3.63, 3.8) is 0 Å². The van der Waals surface area contributed by atoms with Gasteiger partial charge in [-0.3, -0.25) is 9.52 Å². The molecule has 4 N–H and O–H groups in total. The molecule has 218 valence electrons. The van der Waals surface area contributed by atoms with E-state index in [4.69, 9.17) is 9.90 Å². The van der Waals surface area contributed by atoms with E-state index in [0.29, 0.717) is 11.4 Å². The molecule has 0 aliphatic carbocycles. The molecule has 41 heavy (non-hydrogen) atoms. The van der Waals surface area contributed by atoms with E-state index in [9.17, 15) is 34.8 Å². The number of alkyl halides is 3. The van der Waals surface area contributed by atoms with Gasteiger partial charge in [0, 0.05) is 0 Å². The fraction of sp³-hybridized carbons (Fsp3) is 0.208. The second kappa shape index (κ2) is 11.6. The zero-order valence-electron chi connectivity index (χ0n) is 20.6. The van der Waals surface area contributed by atoms with Crippen molar-refractivity contribution >= 4 is 54.3 Å². The van der Waals surface area contributed by atoms with E-state index in [0.717, 1.165) is 27.9 Å². The first-order valence-electron chi connectivity index (χ1n) is 11.6. The molecule has 4 aromatic rings. The normalized spacial score (nSPS) is 17.4. The Hall–Kier alpha value is -3.80. The van der Waals surface area contributed by atoms with Crippen LogP contribution in [-0.2, 0) is 36.1 Å². The quantitative estimate of drug-likeness (QED) is 0.240. The second-order valence-electron chi connectivity index (χ2n) is 8.76. The lowest BCUT2D eigenvalue weighted by molar-refractivity contribution is -0.192. The van der Waals surface area contributed by atoms with Crippen LogP contribution in [0.2, 0.25) is 0 Å². The van der Waals surface area contributed by atoms with E-state index >= 15 is 0 Å². The number of aromatic nitrogens is 2. The first kappa shape index (κ1) is 30.2. The topological polar surface area (TPSA) is 175 Å². The van der Waals surface area contributed by atoms with Crippen LogP contribution in [-0.4, -0.2) is 50.0 Å². The Morgan fingerprint density at radius 1 is 1.12 bits per heavy atom. The van der Waals surface area contributed by atoms with Crippen molar-refractivity contribution < 1.29 is 44.7 Å². The molecule has 2 aromatic heterocycles. The number of imidazole rings is 1. The van der Waals surface area contributed by atoms with Gasteiger partial charge in [0.05, 0.1) is 23.5 Å². The highest BCUT2D eigenvalue weighted by atomic mass is 32.2. The van der Waals surface area contributed by atoms with Crippen molar-refractivity contribution in [3.8, 4) is 0 Å². The molecule has 0 saturated carbocycles. The first-order chi connectivity index (χ1) is 19.2. The second-order valence-corrected chi connectivity index (χ2v) is 13.5. The van der Waals surface area contributed by atoms with Crippen LogP contribution in [0.3, 0.4) is 0 Å². The smallest absolute Gasteiger partial charge is 0.475 e. The fourth-order valence-corrected chi connectivity index (χ4v) is 7.58. The lowest BCUT2D eigenvalue weighted by Crippen LogP contribution is -2.30. The van der Waals surface area contributed by atoms with Crippen LogP contribution in [0.25, 0.3) is 11.0 Å². The van der Waals surface area contributed by atoms with Crippen LogP contribution in [0.5, 0.6) is 0 Å². The predicted octanol–water partition coefficient (Wildman–Crippen LogP) is 3.41. The number of carboxylic acid groups (broad SMARTS) is 1. The van der Waals surface area contributed by atoms with E-state index in [2.05, 4.69) is 14.7 Å². The van der Waals surface area contributed by atoms with Gasteiger partial charge in [0.15, 0.2) is 0 Å². The number of halogens is 3. The number of nitrogens with zero attached hydrogens (tertiary/aromatic N) is 1. The molecule has 1 saturated heterocycles. The summed E-state index contributed by atoms with van der Waals surface area (Å²) in [7, 11) is -7.52. The minimum absolute atomic E-state index is 0.121. The number of nitrogens with one attached hydrogen (secondary N) is 3. The number of aliphatic carboxylic acids is 1. The third kappa shape index (κ3) is 7.29. The summed E-state index contributed by atoms with van der Waals surface area (Å²) >= 11 is 1.12. The number of sulfonamides is 2. The number of para-hydroxylation sites is 2. The molecule has 5 rings (SSSR count). The van der Waals surface area contributed by atoms with E-state index in [1.54, 1.807) is 35.7 Å². The van der Waals surface area contributed by atoms with E-state index in [-0.39, 0.29) is 17.1 Å². The molecule has 1 unspecified atom stereocenters. The summed E-state index contributed by atoms with van der Waals surface area (Å²) in [6.07, 6.45) is -4.93. The van der Waals surface area contributed by atoms with Crippen LogP contribution >= 0.6 is 11.3 Å². The number of thiophene rings is 1. The highest BCUT2D eigenvalue weighted by Gasteiger charge is 2.38. The van der Waals surface area contributed by atoms with E-state index in [1.165, 1.54) is 6.07 Å². The van der Waals surface area contributed by atoms with Gasteiger partial charge in [0.2, 0.25) is 15.9 Å². The number of hydrogen-bond donors (Lipinski definition) is 4. The lowest BCUT2D eigenvalue weighted by atomic mass is 10.0. The first-order valence-corrected chi connectivity index (χ1v) is 15.5. The van der Waals surface area contributed by atoms with E-state index < -0.39 is 49.4 Å². The number of H-pyrrole nitrogens is 1. The van der Waals surface area contributed by atoms with Crippen LogP contribution in [0.4, 0.5) is 13.2 Å². The summed E-state index contributed by atoms with van der Waals surface area (Å²) in [5.74, 6) is -2.81. The highest BCUT2D eigenvalue weighted by molar-refractivity contribution is 7.91. The van der Waals surface area contributed by atoms with Gasteiger partial charge in [-0.2, -0.15) is 17.9 Å². The van der Waals surface area contributed by atoms with Gasteiger partial charge in [-0.1, -0.05) is 42.5 Å². The zero-order valence-corrected chi connectivity index (χ0v) is 23.1. The Kier molecular flexibility index (Phi) is 8.53. The summed E-state index contributed by atoms with van der Waals surface area (Å²) in [6, 6.07) is 16.7. The number of carbonyl (C=O) groups is 2. The monoisotopic (exact) mass is 630 g/mol. The molecule has 0 spiro atoms. The van der Waals surface area contributed by atoms with Crippen LogP contribution < -0.4 is 9.44 Å². The maximum absolute atomic E-state index is 13.0. The lowest BCUT2D eigenvalue weighted by Gasteiger charge is -2.17. The highest BCUT2D eigenvalue weighted by Crippen LogP contribution is 2.31. The molecule has 1 aliphatic rings. The summed E-state index contributed by atoms with van der Waals surface area (Å²) in [5, 5.41) is 7.89. The van der Waals surface area contributed by atoms with Crippen LogP contribution in [0.1, 0.15) is 34.7 Å². The van der Waals surface area contributed by atoms with Crippen molar-refractivity contribution in [1.29, 1.82) is 0 Å². The molecule has 3 heterocycles. The number of hydrogen-bond acceptors (Lipinski definition) is 8. The summed E-state index contributed by atoms with van der Waals surface area (Å²) < 4.78 is 86.9. The Balaban J connectivity index is 0.000000493. The van der Waals surface area contributed by atoms with Crippen molar-refractivity contribution in [2.45, 2.75) is 34.5 Å². The average Bonchev–Trinajstić information content (AvgIpc) is 3.62. The average molecular weight is 631 g/mol. The number of rotatable bonds is 7. The van der Waals surface area contributed by atoms with Gasteiger partial charge in [-0.15, -0.1) is 11.3 Å². The van der Waals surface area contributed by atoms with Crippen molar-refractivity contribution in [1.82, 2.24) is 19.4 Å². The number of aromatic amines is 1. The maximum atomic E-state index is 13.0. The van der Waals surface area contributed by atoms with Gasteiger partial charge in [0.1, 0.15) is 15.3 Å². The molecule has 11 nitrogen and oxygen atoms in total. The maximum Gasteiger partial charge on any atom is 0.490 e. The number of benzene rings is 2. The third-order valence-electron chi connectivity index (χ3n) is 5.83. The molecule has 17 heteroatoms. The van der Waals surface area contributed by atoms with Crippen LogP contribution in [0.15, 0.2) is 70.3 Å². The zero-order chi connectivity index (χ0) is 30.0. The van der Waals surface area contributed by atoms with Gasteiger partial charge in [0.25, 0.3) is 10.0 Å². The molecule has 2 atom stereocenters. The molecular weight excluding hydrogens is 609 g/mol. The Labute approximate surface area is 235 Å². The Morgan fingerprint density at radius 3 is 2.32 bits per heavy atom. The van der Waals surface area contributed by atoms with Gasteiger partial charge >= 0.3 is 12.1 Å². The summed E-state index contributed by atoms with van der Waals surface area (Å²) in [4.78, 5) is 28.2. The van der Waals surface area contributed by atoms with Crippen molar-refractivity contribution in [2.75, 3.05) is 0 Å². The van der Waals surface area contributed by atoms with Gasteiger partial charge < -0.3 is 10.1 Å². The Bertz CT molecular complexity index is 1740. The summed E-state index contributed by atoms with van der Waals surface area (Å²) in [5.41, 5.74) is 2.79. The Morgan fingerprint density at radius 2 is 1.78 bits per heavy atom. The van der Waals surface area contributed by atoms with Crippen molar-refractivity contribution in [2.24, 2.45) is 0 Å². The molecule has 1 fully saturated rings. The van der Waals surface area contributed by atoms with E-state index in [1.807, 2.05) is 29.0 Å². The molecular formula is C24H21F3N4O7S3. The number of fused-ring (bicyclic) bond motifs is 1. The molecule has 1 aliphatic heterocycles. The minimum atomic E-state index is -5.08. The SMILES string of the molecule is O=C(O)C(F)(F)F.O=C1CC(c2ccc(C[C@H](NS(=O)(=O)c3cccs3)c3nc4ccccc4[nH]3)cc2)S(=O)(=O)N1. The molecule has 2 aromatic carbocycles. The predicted molar refractivity (Wildman–Crippen MR) is 142 cm³/mol. The number of carbonyl (C=O) groups excluding carboxylic acids is 1. The molecule has 0 radical (unpaired) electrons. The van der Waals surface area contributed by atoms with Crippen molar-refractivity contribution in [3.05, 3.63) is 83.0 Å². The number of carboxylic acids is 1. The summed E-state index contributed by atoms with van der Waals surface area (Å²) in [6.45, 7) is 0. The standard InChI is InChI=1S/C22H20N4O5S3.C2HF3O2/c27-20-13-19(33(28,29)26-20)15-9-7-14(8-10-15)12-18(25-34(30,31)21-6-3-11-32-21)22-23-16-4-1-2-5-17(16)24-22;3-2(4,5)1(6)7/h1-11,18-19,25H,12-13H2,(H,23,24)(H,26,27);(H,6,7)/t18-,19?;/m0./s1.